The number of anilines is 6. The highest BCUT2D eigenvalue weighted by molar-refractivity contribution is 6.25. The highest BCUT2D eigenvalue weighted by atomic mass is 15.2. The van der Waals surface area contributed by atoms with Crippen LogP contribution in [0, 0.1) is 0 Å². The molecule has 226 valence electrons. The van der Waals surface area contributed by atoms with Gasteiger partial charge >= 0.3 is 0 Å². The Labute approximate surface area is 280 Å². The second kappa shape index (κ2) is 11.8. The zero-order chi connectivity index (χ0) is 31.9. The van der Waals surface area contributed by atoms with Crippen LogP contribution in [0.1, 0.15) is 0 Å². The Morgan fingerprint density at radius 2 is 0.604 bits per heavy atom. The van der Waals surface area contributed by atoms with Gasteiger partial charge in [0.1, 0.15) is 0 Å². The standard InChI is InChI=1S/C46H32N2/c1-4-19-34(20-5-1)47(35-21-6-2-7-22-35)45-31-42-39-27-13-15-29-41(39)46(32-43(42)38-26-12-14-28-40(38)45)48(36-23-8-3-9-24-36)44-30-16-18-33-17-10-11-25-37(33)44/h1-32H. The van der Waals surface area contributed by atoms with Crippen LogP contribution >= 0.6 is 0 Å². The second-order valence-electron chi connectivity index (χ2n) is 12.2. The SMILES string of the molecule is c1ccc(N(c2ccccc2)c2cc3c4ccccc4c(N(c4ccccc4)c4cccc5ccccc45)cc3c3ccccc23)cc1. The van der Waals surface area contributed by atoms with Crippen molar-refractivity contribution in [2.45, 2.75) is 0 Å². The molecule has 0 aliphatic heterocycles. The predicted molar refractivity (Wildman–Crippen MR) is 206 cm³/mol. The summed E-state index contributed by atoms with van der Waals surface area (Å²) in [6.07, 6.45) is 0. The lowest BCUT2D eigenvalue weighted by molar-refractivity contribution is 1.30. The van der Waals surface area contributed by atoms with Crippen LogP contribution in [0.4, 0.5) is 34.1 Å². The fraction of sp³-hybridized carbons (Fsp3) is 0. The first-order chi connectivity index (χ1) is 23.8. The molecule has 2 heteroatoms. The van der Waals surface area contributed by atoms with Gasteiger partial charge in [-0.05, 0) is 81.5 Å². The molecule has 0 atom stereocenters. The predicted octanol–water partition coefficient (Wildman–Crippen LogP) is 13.2. The Bertz CT molecular complexity index is 2510. The highest BCUT2D eigenvalue weighted by Gasteiger charge is 2.22. The number of hydrogen-bond donors (Lipinski definition) is 0. The zero-order valence-electron chi connectivity index (χ0n) is 26.4. The summed E-state index contributed by atoms with van der Waals surface area (Å²) in [5, 5.41) is 9.74. The summed E-state index contributed by atoms with van der Waals surface area (Å²) in [6, 6.07) is 69.9. The molecular weight excluding hydrogens is 581 g/mol. The van der Waals surface area contributed by atoms with E-state index in [1.807, 2.05) is 0 Å². The van der Waals surface area contributed by atoms with E-state index in [0.29, 0.717) is 0 Å². The lowest BCUT2D eigenvalue weighted by Gasteiger charge is -2.30. The van der Waals surface area contributed by atoms with Crippen molar-refractivity contribution in [3.63, 3.8) is 0 Å². The molecular formula is C46H32N2. The van der Waals surface area contributed by atoms with Crippen molar-refractivity contribution in [3.8, 4) is 0 Å². The fourth-order valence-corrected chi connectivity index (χ4v) is 7.25. The van der Waals surface area contributed by atoms with Crippen LogP contribution in [0.3, 0.4) is 0 Å². The Morgan fingerprint density at radius 1 is 0.229 bits per heavy atom. The minimum absolute atomic E-state index is 1.12. The van der Waals surface area contributed by atoms with E-state index in [1.54, 1.807) is 0 Å². The van der Waals surface area contributed by atoms with Crippen molar-refractivity contribution in [1.82, 2.24) is 0 Å². The van der Waals surface area contributed by atoms with E-state index in [1.165, 1.54) is 43.1 Å². The lowest BCUT2D eigenvalue weighted by atomic mass is 9.93. The third-order valence-corrected chi connectivity index (χ3v) is 9.37. The number of hydrogen-bond acceptors (Lipinski definition) is 2. The maximum absolute atomic E-state index is 2.44. The largest absolute Gasteiger partial charge is 0.310 e. The van der Waals surface area contributed by atoms with E-state index in [0.717, 1.165) is 34.1 Å². The Balaban J connectivity index is 1.39. The van der Waals surface area contributed by atoms with Gasteiger partial charge in [-0.15, -0.1) is 0 Å². The molecule has 2 nitrogen and oxygen atoms in total. The van der Waals surface area contributed by atoms with Crippen molar-refractivity contribution in [3.05, 3.63) is 194 Å². The molecule has 0 N–H and O–H groups in total. The summed E-state index contributed by atoms with van der Waals surface area (Å²) in [5.74, 6) is 0. The molecule has 0 aliphatic carbocycles. The van der Waals surface area contributed by atoms with Gasteiger partial charge in [0.05, 0.1) is 17.1 Å². The molecule has 0 spiro atoms. The molecule has 48 heavy (non-hydrogen) atoms. The zero-order valence-corrected chi connectivity index (χ0v) is 26.4. The summed E-state index contributed by atoms with van der Waals surface area (Å²) in [7, 11) is 0. The van der Waals surface area contributed by atoms with Crippen molar-refractivity contribution < 1.29 is 0 Å². The highest BCUT2D eigenvalue weighted by Crippen LogP contribution is 2.48. The van der Waals surface area contributed by atoms with Crippen LogP contribution in [0.25, 0.3) is 43.1 Å². The maximum atomic E-state index is 2.44. The number of rotatable bonds is 6. The molecule has 0 unspecified atom stereocenters. The van der Waals surface area contributed by atoms with Gasteiger partial charge in [-0.25, -0.2) is 0 Å². The minimum Gasteiger partial charge on any atom is -0.310 e. The normalized spacial score (nSPS) is 11.3. The van der Waals surface area contributed by atoms with Crippen LogP contribution in [0.5, 0.6) is 0 Å². The lowest BCUT2D eigenvalue weighted by Crippen LogP contribution is -2.12. The third-order valence-electron chi connectivity index (χ3n) is 9.37. The fourth-order valence-electron chi connectivity index (χ4n) is 7.25. The summed E-state index contributed by atoms with van der Waals surface area (Å²) in [4.78, 5) is 4.82. The molecule has 0 aromatic heterocycles. The van der Waals surface area contributed by atoms with E-state index in [9.17, 15) is 0 Å². The van der Waals surface area contributed by atoms with E-state index < -0.39 is 0 Å². The minimum atomic E-state index is 1.12. The first-order valence-electron chi connectivity index (χ1n) is 16.5. The summed E-state index contributed by atoms with van der Waals surface area (Å²) < 4.78 is 0. The van der Waals surface area contributed by atoms with Gasteiger partial charge in [-0.2, -0.15) is 0 Å². The van der Waals surface area contributed by atoms with Gasteiger partial charge < -0.3 is 9.80 Å². The molecule has 0 saturated heterocycles. The van der Waals surface area contributed by atoms with Crippen LogP contribution in [0.15, 0.2) is 194 Å². The number of nitrogens with zero attached hydrogens (tertiary/aromatic N) is 2. The topological polar surface area (TPSA) is 6.48 Å². The monoisotopic (exact) mass is 612 g/mol. The van der Waals surface area contributed by atoms with Crippen LogP contribution in [-0.4, -0.2) is 0 Å². The van der Waals surface area contributed by atoms with Gasteiger partial charge in [-0.1, -0.05) is 140 Å². The second-order valence-corrected chi connectivity index (χ2v) is 12.2. The Morgan fingerprint density at radius 3 is 1.12 bits per heavy atom. The average molecular weight is 613 g/mol. The Hall–Kier alpha value is -6.38. The van der Waals surface area contributed by atoms with E-state index >= 15 is 0 Å². The first kappa shape index (κ1) is 27.9. The summed E-state index contributed by atoms with van der Waals surface area (Å²) >= 11 is 0. The van der Waals surface area contributed by atoms with Crippen LogP contribution in [-0.2, 0) is 0 Å². The molecule has 0 heterocycles. The number of para-hydroxylation sites is 3. The van der Waals surface area contributed by atoms with Gasteiger partial charge in [0.15, 0.2) is 0 Å². The van der Waals surface area contributed by atoms with Crippen molar-refractivity contribution in [2.24, 2.45) is 0 Å². The maximum Gasteiger partial charge on any atom is 0.0546 e. The molecule has 9 aromatic carbocycles. The average Bonchev–Trinajstić information content (AvgIpc) is 3.17. The van der Waals surface area contributed by atoms with Crippen LogP contribution in [0.2, 0.25) is 0 Å². The van der Waals surface area contributed by atoms with Crippen molar-refractivity contribution >= 4 is 77.2 Å². The number of benzene rings is 9. The van der Waals surface area contributed by atoms with E-state index in [4.69, 9.17) is 0 Å². The smallest absolute Gasteiger partial charge is 0.0546 e. The quantitative estimate of drug-likeness (QED) is 0.172. The van der Waals surface area contributed by atoms with Gasteiger partial charge in [0.25, 0.3) is 0 Å². The van der Waals surface area contributed by atoms with Gasteiger partial charge in [0, 0.05) is 33.2 Å². The molecule has 0 radical (unpaired) electrons. The molecule has 9 aromatic rings. The molecule has 0 fully saturated rings. The van der Waals surface area contributed by atoms with Crippen molar-refractivity contribution in [2.75, 3.05) is 9.80 Å². The molecule has 0 saturated carbocycles. The number of fused-ring (bicyclic) bond motifs is 6. The van der Waals surface area contributed by atoms with E-state index in [-0.39, 0.29) is 0 Å². The Kier molecular flexibility index (Phi) is 6.84. The molecule has 0 amide bonds. The molecule has 9 rings (SSSR count). The van der Waals surface area contributed by atoms with Crippen LogP contribution < -0.4 is 9.80 Å². The summed E-state index contributed by atoms with van der Waals surface area (Å²) in [5.41, 5.74) is 6.84. The summed E-state index contributed by atoms with van der Waals surface area (Å²) in [6.45, 7) is 0. The van der Waals surface area contributed by atoms with E-state index in [2.05, 4.69) is 204 Å². The van der Waals surface area contributed by atoms with Gasteiger partial charge in [0.2, 0.25) is 0 Å². The first-order valence-corrected chi connectivity index (χ1v) is 16.5. The molecule has 0 bridgehead atoms. The van der Waals surface area contributed by atoms with Gasteiger partial charge in [-0.3, -0.25) is 0 Å². The van der Waals surface area contributed by atoms with Crippen molar-refractivity contribution in [1.29, 1.82) is 0 Å². The third kappa shape index (κ3) is 4.66. The molecule has 0 aliphatic rings.